The Labute approximate surface area is 214 Å². The van der Waals surface area contributed by atoms with E-state index in [1.807, 2.05) is 0 Å². The number of hydrogen-bond acceptors (Lipinski definition) is 1. The van der Waals surface area contributed by atoms with Crippen molar-refractivity contribution < 1.29 is 93.3 Å². The van der Waals surface area contributed by atoms with Crippen molar-refractivity contribution in [3.63, 3.8) is 0 Å². The predicted molar refractivity (Wildman–Crippen MR) is 84.8 cm³/mol. The maximum Gasteiger partial charge on any atom is 0.335 e. The minimum atomic E-state index is -8.84. The van der Waals surface area contributed by atoms with E-state index in [1.165, 1.54) is 0 Å². The molecular weight excluding hydrogens is 608 g/mol. The summed E-state index contributed by atoms with van der Waals surface area (Å²) in [7, 11) is 0. The number of aromatic carboxylic acids is 1. The molecule has 0 aromatic heterocycles. The molecule has 0 saturated heterocycles. The molecule has 0 heterocycles. The Morgan fingerprint density at radius 3 is 0.974 bits per heavy atom. The summed E-state index contributed by atoms with van der Waals surface area (Å²) >= 11 is -2.54. The van der Waals surface area contributed by atoms with Crippen LogP contribution in [-0.4, -0.2) is 89.8 Å². The number of carbonyl (C=O) groups is 1. The molecular formula is C16H6F19NaO2. The summed E-state index contributed by atoms with van der Waals surface area (Å²) in [6.45, 7) is 0. The molecule has 1 N–H and O–H groups in total. The number of carboxylic acid groups (broad SMARTS) is 1. The van der Waals surface area contributed by atoms with Crippen molar-refractivity contribution in [2.45, 2.75) is 50.8 Å². The molecule has 22 heteroatoms. The van der Waals surface area contributed by atoms with Gasteiger partial charge in [0.25, 0.3) is 0 Å². The minimum Gasteiger partial charge on any atom is -0.478 e. The van der Waals surface area contributed by atoms with Crippen LogP contribution >= 0.6 is 0 Å². The molecule has 1 rings (SSSR count). The van der Waals surface area contributed by atoms with Gasteiger partial charge in [-0.3, -0.25) is 0 Å². The van der Waals surface area contributed by atoms with Gasteiger partial charge in [-0.15, -0.1) is 0 Å². The zero-order chi connectivity index (χ0) is 31.2. The Hall–Kier alpha value is -1.64. The van der Waals surface area contributed by atoms with Crippen LogP contribution in [0.25, 0.3) is 0 Å². The summed E-state index contributed by atoms with van der Waals surface area (Å²) < 4.78 is 234. The summed E-state index contributed by atoms with van der Waals surface area (Å²) in [6.07, 6.45) is -7.86. The van der Waals surface area contributed by atoms with Gasteiger partial charge in [0.15, 0.2) is 0 Å². The standard InChI is InChI=1S/C9F19.C7H6O2.Na/c10-1(11)2(12,13)3(14,15)4(16,17)5(18,19)6(20,21)7(22,23)8(24,25)9(26,27)28;8-7(9)6-4-2-1-3-5-6;/h;1-5H,(H,8,9);. The van der Waals surface area contributed by atoms with E-state index in [0.29, 0.717) is 5.56 Å². The van der Waals surface area contributed by atoms with Crippen molar-refractivity contribution in [3.05, 3.63) is 35.9 Å². The minimum absolute atomic E-state index is 0.331. The monoisotopic (exact) mass is 614 g/mol. The van der Waals surface area contributed by atoms with Crippen LogP contribution in [0.4, 0.5) is 83.4 Å². The number of benzene rings is 1. The van der Waals surface area contributed by atoms with Gasteiger partial charge in [0.05, 0.1) is 5.56 Å². The Morgan fingerprint density at radius 2 is 0.763 bits per heavy atom. The fourth-order valence-electron chi connectivity index (χ4n) is 2.02. The molecule has 0 aliphatic rings. The quantitative estimate of drug-likeness (QED) is 0.250. The first-order valence-electron chi connectivity index (χ1n) is 8.68. The topological polar surface area (TPSA) is 37.3 Å². The first kappa shape index (κ1) is 36.4. The summed E-state index contributed by atoms with van der Waals surface area (Å²) in [5.74, 6) is -60.1. The van der Waals surface area contributed by atoms with Gasteiger partial charge in [-0.05, 0) is 12.1 Å². The van der Waals surface area contributed by atoms with Crippen molar-refractivity contribution >= 4 is 33.9 Å². The molecule has 0 atom stereocenters. The second-order valence-corrected chi connectivity index (χ2v) is 8.33. The van der Waals surface area contributed by atoms with Crippen LogP contribution in [0.3, 0.4) is 0 Å². The maximum atomic E-state index is 13.1. The Kier molecular flexibility index (Phi) is 9.95. The third kappa shape index (κ3) is 5.64. The summed E-state index contributed by atoms with van der Waals surface area (Å²) in [6, 6.07) is 8.30. The molecule has 0 aliphatic heterocycles. The SMILES string of the molecule is FC(F)(F)C(F)(F)C(F)(F)C(F)(F)C(F)(F)C(F)(F)C(F)(F)C(F)(F)[C](F)(F)[Na].O=C(O)c1ccccc1. The molecule has 0 saturated carbocycles. The molecule has 0 aliphatic carbocycles. The van der Waals surface area contributed by atoms with Crippen molar-refractivity contribution in [1.29, 1.82) is 0 Å². The second kappa shape index (κ2) is 10.4. The van der Waals surface area contributed by atoms with E-state index in [1.54, 1.807) is 30.3 Å². The second-order valence-electron chi connectivity index (χ2n) is 7.08. The van der Waals surface area contributed by atoms with E-state index in [9.17, 15) is 88.2 Å². The first-order valence-corrected chi connectivity index (χ1v) is 9.68. The zero-order valence-corrected chi connectivity index (χ0v) is 19.4. The molecule has 0 spiro atoms. The number of hydrogen-bond donors (Lipinski definition) is 1. The Bertz CT molecular complexity index is 913. The first-order chi connectivity index (χ1) is 16.3. The molecule has 216 valence electrons. The molecule has 0 fully saturated rings. The molecule has 2 nitrogen and oxygen atoms in total. The van der Waals surface area contributed by atoms with Gasteiger partial charge >= 0.3 is 168 Å². The third-order valence-corrected chi connectivity index (χ3v) is 4.92. The Morgan fingerprint density at radius 1 is 0.500 bits per heavy atom. The van der Waals surface area contributed by atoms with Gasteiger partial charge in [0, 0.05) is 0 Å². The van der Waals surface area contributed by atoms with E-state index in [0.717, 1.165) is 0 Å². The van der Waals surface area contributed by atoms with Crippen LogP contribution in [0.2, 0.25) is 0 Å². The fourth-order valence-corrected chi connectivity index (χ4v) is 2.33. The molecule has 0 unspecified atom stereocenters. The summed E-state index contributed by atoms with van der Waals surface area (Å²) in [5, 5.41) is 8.38. The van der Waals surface area contributed by atoms with Gasteiger partial charge in [0.2, 0.25) is 0 Å². The maximum absolute atomic E-state index is 13.1. The molecule has 0 bridgehead atoms. The van der Waals surface area contributed by atoms with Crippen molar-refractivity contribution in [2.75, 3.05) is 0 Å². The van der Waals surface area contributed by atoms with Crippen LogP contribution in [0.15, 0.2) is 30.3 Å². The Balaban J connectivity index is 0.00000127. The van der Waals surface area contributed by atoms with Crippen LogP contribution < -0.4 is 0 Å². The van der Waals surface area contributed by atoms with Crippen molar-refractivity contribution in [3.8, 4) is 0 Å². The summed E-state index contributed by atoms with van der Waals surface area (Å²) in [4.78, 5) is 10.2. The number of rotatable bonds is 8. The molecule has 1 aromatic carbocycles. The van der Waals surface area contributed by atoms with Crippen LogP contribution in [-0.2, 0) is 0 Å². The normalized spacial score (nSPS) is 15.1. The number of alkyl halides is 19. The predicted octanol–water partition coefficient (Wildman–Crippen LogP) is 7.14. The number of carboxylic acids is 1. The molecule has 0 amide bonds. The fraction of sp³-hybridized carbons (Fsp3) is 0.562. The van der Waals surface area contributed by atoms with E-state index >= 15 is 0 Å². The van der Waals surface area contributed by atoms with E-state index in [2.05, 4.69) is 0 Å². The van der Waals surface area contributed by atoms with Gasteiger partial charge in [0.1, 0.15) is 0 Å². The van der Waals surface area contributed by atoms with E-state index in [4.69, 9.17) is 5.11 Å². The summed E-state index contributed by atoms with van der Waals surface area (Å²) in [5.41, 5.74) is 0.331. The van der Waals surface area contributed by atoms with Gasteiger partial charge in [-0.1, -0.05) is 18.2 Å². The third-order valence-electron chi connectivity index (χ3n) is 4.29. The smallest absolute Gasteiger partial charge is 0.335 e. The van der Waals surface area contributed by atoms with E-state index < -0.39 is 84.7 Å². The van der Waals surface area contributed by atoms with Crippen molar-refractivity contribution in [1.82, 2.24) is 0 Å². The van der Waals surface area contributed by atoms with Gasteiger partial charge in [-0.25, -0.2) is 4.79 Å². The van der Waals surface area contributed by atoms with Gasteiger partial charge < -0.3 is 5.11 Å². The zero-order valence-electron chi connectivity index (χ0n) is 17.4. The number of halogens is 19. The average molecular weight is 614 g/mol. The van der Waals surface area contributed by atoms with Gasteiger partial charge in [-0.2, -0.15) is 0 Å². The molecule has 0 radical (unpaired) electrons. The average Bonchev–Trinajstić information content (AvgIpc) is 2.72. The van der Waals surface area contributed by atoms with Crippen LogP contribution in [0.1, 0.15) is 10.4 Å². The largest absolute Gasteiger partial charge is 0.478 e. The van der Waals surface area contributed by atoms with Crippen molar-refractivity contribution in [2.24, 2.45) is 0 Å². The molecule has 1 aromatic rings. The molecule has 38 heavy (non-hydrogen) atoms. The van der Waals surface area contributed by atoms with E-state index in [-0.39, 0.29) is 0 Å². The van der Waals surface area contributed by atoms with Crippen LogP contribution in [0.5, 0.6) is 0 Å². The van der Waals surface area contributed by atoms with Crippen LogP contribution in [0, 0.1) is 0 Å².